The lowest BCUT2D eigenvalue weighted by Crippen LogP contribution is -2.53. The van der Waals surface area contributed by atoms with Gasteiger partial charge in [0.25, 0.3) is 0 Å². The number of carbonyl (C=O) groups excluding carboxylic acids is 2. The van der Waals surface area contributed by atoms with Crippen LogP contribution in [0.4, 0.5) is 4.79 Å². The highest BCUT2D eigenvalue weighted by Gasteiger charge is 2.47. The number of ether oxygens (including phenoxy) is 3. The molecule has 0 radical (unpaired) electrons. The third-order valence-corrected chi connectivity index (χ3v) is 10.4. The van der Waals surface area contributed by atoms with Gasteiger partial charge in [-0.1, -0.05) is 45.1 Å². The summed E-state index contributed by atoms with van der Waals surface area (Å²) in [5, 5.41) is 43.2. The number of aliphatic hydroxyl groups is 4. The second-order valence-electron chi connectivity index (χ2n) is 14.8. The van der Waals surface area contributed by atoms with Crippen molar-refractivity contribution in [3.8, 4) is 0 Å². The smallest absolute Gasteiger partial charge is 0.410 e. The Morgan fingerprint density at radius 2 is 2.00 bits per heavy atom. The van der Waals surface area contributed by atoms with Crippen LogP contribution in [0, 0.1) is 11.8 Å². The van der Waals surface area contributed by atoms with Crippen LogP contribution in [0.2, 0.25) is 0 Å². The molecule has 4 aliphatic heterocycles. The predicted molar refractivity (Wildman–Crippen MR) is 177 cm³/mol. The first-order chi connectivity index (χ1) is 22.1. The molecule has 0 aromatic rings. The SMILES string of the molecule is CCC(O)C(C)C1OC1CC(C)(O)/C=C/C=C(\C)C1OC(=O)CC(O)CCC(C)(O)C(OC(=O)N2CCN3CCCC3C2)/C=C/C1C. The van der Waals surface area contributed by atoms with Crippen molar-refractivity contribution >= 4 is 12.1 Å². The first kappa shape index (κ1) is 37.5. The van der Waals surface area contributed by atoms with Gasteiger partial charge in [-0.2, -0.15) is 0 Å². The number of epoxide rings is 1. The fourth-order valence-electron chi connectivity index (χ4n) is 7.14. The van der Waals surface area contributed by atoms with Crippen molar-refractivity contribution in [1.82, 2.24) is 9.80 Å². The van der Waals surface area contributed by atoms with Gasteiger partial charge in [0, 0.05) is 43.9 Å². The number of allylic oxidation sites excluding steroid dienone is 2. The summed E-state index contributed by atoms with van der Waals surface area (Å²) in [5.74, 6) is -0.932. The standard InChI is InChI=1S/C36H58N2O9/c1-7-28(40)25(4)33-29(45-33)21-35(5,43)15-8-10-23(2)32-24(3)12-13-30(36(6,44)16-14-27(39)20-31(41)47-32)46-34(42)38-19-18-37-17-9-11-26(37)22-38/h8,10,12-13,15,24-30,32-33,39-40,43-44H,7,9,11,14,16-22H2,1-6H3/b13-12+,15-8+,23-10+. The Hall–Kier alpha value is -2.28. The Morgan fingerprint density at radius 3 is 2.72 bits per heavy atom. The van der Waals surface area contributed by atoms with Crippen LogP contribution < -0.4 is 0 Å². The van der Waals surface area contributed by atoms with Crippen molar-refractivity contribution in [2.24, 2.45) is 11.8 Å². The maximum atomic E-state index is 13.3. The van der Waals surface area contributed by atoms with Crippen molar-refractivity contribution in [1.29, 1.82) is 0 Å². The van der Waals surface area contributed by atoms with Gasteiger partial charge in [0.1, 0.15) is 11.7 Å². The number of amides is 1. The average molecular weight is 663 g/mol. The number of cyclic esters (lactones) is 1. The largest absolute Gasteiger partial charge is 0.457 e. The number of hydrogen-bond donors (Lipinski definition) is 4. The molecule has 11 unspecified atom stereocenters. The molecule has 11 heteroatoms. The van der Waals surface area contributed by atoms with E-state index >= 15 is 0 Å². The molecular weight excluding hydrogens is 604 g/mol. The number of fused-ring (bicyclic) bond motifs is 1. The molecule has 0 spiro atoms. The Bertz CT molecular complexity index is 1170. The molecule has 266 valence electrons. The number of nitrogens with zero attached hydrogens (tertiary/aromatic N) is 2. The lowest BCUT2D eigenvalue weighted by molar-refractivity contribution is -0.151. The zero-order valence-electron chi connectivity index (χ0n) is 29.1. The van der Waals surface area contributed by atoms with Crippen molar-refractivity contribution in [3.63, 3.8) is 0 Å². The molecule has 4 N–H and O–H groups in total. The number of carbonyl (C=O) groups is 2. The molecule has 4 aliphatic rings. The molecule has 47 heavy (non-hydrogen) atoms. The Kier molecular flexibility index (Phi) is 12.7. The fourth-order valence-corrected chi connectivity index (χ4v) is 7.14. The minimum Gasteiger partial charge on any atom is -0.457 e. The first-order valence-corrected chi connectivity index (χ1v) is 17.5. The van der Waals surface area contributed by atoms with Crippen LogP contribution in [0.25, 0.3) is 0 Å². The van der Waals surface area contributed by atoms with E-state index in [1.54, 1.807) is 49.1 Å². The van der Waals surface area contributed by atoms with E-state index in [2.05, 4.69) is 4.90 Å². The number of aliphatic hydroxyl groups excluding tert-OH is 2. The molecular formula is C36H58N2O9. The van der Waals surface area contributed by atoms with Gasteiger partial charge in [0.15, 0.2) is 6.10 Å². The van der Waals surface area contributed by atoms with E-state index in [0.717, 1.165) is 25.9 Å². The van der Waals surface area contributed by atoms with Crippen molar-refractivity contribution in [2.45, 2.75) is 140 Å². The zero-order chi connectivity index (χ0) is 34.5. The van der Waals surface area contributed by atoms with Crippen molar-refractivity contribution in [2.75, 3.05) is 26.2 Å². The highest BCUT2D eigenvalue weighted by molar-refractivity contribution is 5.70. The van der Waals surface area contributed by atoms with E-state index in [0.29, 0.717) is 37.5 Å². The maximum Gasteiger partial charge on any atom is 0.410 e. The van der Waals surface area contributed by atoms with Crippen LogP contribution in [0.3, 0.4) is 0 Å². The topological polar surface area (TPSA) is 153 Å². The summed E-state index contributed by atoms with van der Waals surface area (Å²) < 4.78 is 17.6. The summed E-state index contributed by atoms with van der Waals surface area (Å²) >= 11 is 0. The van der Waals surface area contributed by atoms with Gasteiger partial charge in [0.2, 0.25) is 0 Å². The summed E-state index contributed by atoms with van der Waals surface area (Å²) in [6, 6.07) is 0.337. The highest BCUT2D eigenvalue weighted by atomic mass is 16.6. The monoisotopic (exact) mass is 662 g/mol. The van der Waals surface area contributed by atoms with Crippen LogP contribution in [0.5, 0.6) is 0 Å². The third-order valence-electron chi connectivity index (χ3n) is 10.4. The third kappa shape index (κ3) is 10.4. The van der Waals surface area contributed by atoms with E-state index in [4.69, 9.17) is 14.2 Å². The quantitative estimate of drug-likeness (QED) is 0.125. The Morgan fingerprint density at radius 1 is 1.26 bits per heavy atom. The van der Waals surface area contributed by atoms with Crippen LogP contribution in [0.1, 0.15) is 86.5 Å². The normalized spacial score (nSPS) is 37.6. The molecule has 4 rings (SSSR count). The van der Waals surface area contributed by atoms with Crippen LogP contribution >= 0.6 is 0 Å². The van der Waals surface area contributed by atoms with Crippen LogP contribution in [0.15, 0.2) is 36.0 Å². The Labute approximate surface area is 280 Å². The van der Waals surface area contributed by atoms with Gasteiger partial charge in [-0.25, -0.2) is 4.79 Å². The van der Waals surface area contributed by atoms with E-state index in [1.165, 1.54) is 0 Å². The second-order valence-corrected chi connectivity index (χ2v) is 14.8. The first-order valence-electron chi connectivity index (χ1n) is 17.5. The molecule has 0 aromatic heterocycles. The van der Waals surface area contributed by atoms with E-state index in [1.807, 2.05) is 27.7 Å². The molecule has 3 fully saturated rings. The van der Waals surface area contributed by atoms with Gasteiger partial charge >= 0.3 is 12.1 Å². The fraction of sp³-hybridized carbons (Fsp3) is 0.778. The molecule has 1 amide bonds. The van der Waals surface area contributed by atoms with Gasteiger partial charge < -0.3 is 39.5 Å². The summed E-state index contributed by atoms with van der Waals surface area (Å²) in [6.07, 6.45) is 8.03. The zero-order valence-corrected chi connectivity index (χ0v) is 29.1. The van der Waals surface area contributed by atoms with Crippen LogP contribution in [-0.4, -0.2) is 122 Å². The van der Waals surface area contributed by atoms with Crippen molar-refractivity contribution in [3.05, 3.63) is 36.0 Å². The highest BCUT2D eigenvalue weighted by Crippen LogP contribution is 2.37. The van der Waals surface area contributed by atoms with Crippen molar-refractivity contribution < 1.29 is 44.2 Å². The minimum atomic E-state index is -1.48. The van der Waals surface area contributed by atoms with Gasteiger partial charge in [-0.3, -0.25) is 9.69 Å². The maximum absolute atomic E-state index is 13.3. The molecule has 0 aromatic carbocycles. The van der Waals surface area contributed by atoms with Crippen LogP contribution in [-0.2, 0) is 19.0 Å². The van der Waals surface area contributed by atoms with Gasteiger partial charge in [0.05, 0.1) is 36.4 Å². The van der Waals surface area contributed by atoms with E-state index < -0.39 is 47.7 Å². The van der Waals surface area contributed by atoms with Gasteiger partial charge in [-0.05, 0) is 71.1 Å². The summed E-state index contributed by atoms with van der Waals surface area (Å²) in [7, 11) is 0. The summed E-state index contributed by atoms with van der Waals surface area (Å²) in [5.41, 5.74) is -1.92. The Balaban J connectivity index is 1.45. The molecule has 0 bridgehead atoms. The summed E-state index contributed by atoms with van der Waals surface area (Å²) in [6.45, 7) is 13.9. The van der Waals surface area contributed by atoms with E-state index in [9.17, 15) is 30.0 Å². The second kappa shape index (κ2) is 16.0. The lowest BCUT2D eigenvalue weighted by atomic mass is 9.88. The molecule has 3 saturated heterocycles. The number of rotatable bonds is 9. The number of piperazine rings is 1. The molecule has 0 saturated carbocycles. The summed E-state index contributed by atoms with van der Waals surface area (Å²) in [4.78, 5) is 30.3. The lowest BCUT2D eigenvalue weighted by Gasteiger charge is -2.39. The molecule has 0 aliphatic carbocycles. The number of esters is 1. The minimum absolute atomic E-state index is 0.00905. The van der Waals surface area contributed by atoms with E-state index in [-0.39, 0.29) is 43.3 Å². The molecule has 4 heterocycles. The predicted octanol–water partition coefficient (Wildman–Crippen LogP) is 3.49. The molecule has 11 nitrogen and oxygen atoms in total. The van der Waals surface area contributed by atoms with Gasteiger partial charge in [-0.15, -0.1) is 0 Å². The molecule has 11 atom stereocenters. The average Bonchev–Trinajstić information content (AvgIpc) is 3.59. The number of hydrogen-bond acceptors (Lipinski definition) is 10.